The van der Waals surface area contributed by atoms with Gasteiger partial charge in [-0.2, -0.15) is 0 Å². The van der Waals surface area contributed by atoms with Crippen LogP contribution >= 0.6 is 0 Å². The zero-order valence-corrected chi connectivity index (χ0v) is 40.9. The van der Waals surface area contributed by atoms with E-state index in [9.17, 15) is 10.2 Å². The van der Waals surface area contributed by atoms with E-state index in [0.29, 0.717) is 57.1 Å². The molecule has 4 aliphatic heterocycles. The topological polar surface area (TPSA) is 166 Å². The van der Waals surface area contributed by atoms with Gasteiger partial charge in [-0.3, -0.25) is 0 Å². The van der Waals surface area contributed by atoms with E-state index >= 15 is 0 Å². The Kier molecular flexibility index (Phi) is 15.5. The van der Waals surface area contributed by atoms with Crippen LogP contribution in [0.1, 0.15) is 221 Å². The van der Waals surface area contributed by atoms with Crippen LogP contribution in [0.3, 0.4) is 0 Å². The van der Waals surface area contributed by atoms with Crippen LogP contribution in [0.25, 0.3) is 0 Å². The van der Waals surface area contributed by atoms with Gasteiger partial charge in [0.05, 0.1) is 35.5 Å². The molecule has 12 nitrogen and oxygen atoms in total. The van der Waals surface area contributed by atoms with Gasteiger partial charge in [-0.05, 0) is 49.9 Å². The zero-order chi connectivity index (χ0) is 47.3. The third kappa shape index (κ3) is 8.73. The summed E-state index contributed by atoms with van der Waals surface area (Å²) in [5.41, 5.74) is 24.5. The lowest BCUT2D eigenvalue weighted by Crippen LogP contribution is -2.26. The van der Waals surface area contributed by atoms with Gasteiger partial charge in [0.1, 0.15) is 46.0 Å². The van der Waals surface area contributed by atoms with Crippen LogP contribution in [0.2, 0.25) is 0 Å². The molecule has 1 aliphatic carbocycles. The number of nitrogens with two attached hydrogens (primary N) is 2. The Labute approximate surface area is 402 Å². The lowest BCUT2D eigenvalue weighted by atomic mass is 9.74. The van der Waals surface area contributed by atoms with Crippen molar-refractivity contribution in [3.8, 4) is 46.0 Å². The molecule has 68 heavy (non-hydrogen) atoms. The van der Waals surface area contributed by atoms with Crippen molar-refractivity contribution in [3.05, 3.63) is 91.0 Å². The molecule has 0 fully saturated rings. The van der Waals surface area contributed by atoms with E-state index in [0.717, 1.165) is 158 Å². The predicted molar refractivity (Wildman–Crippen MR) is 262 cm³/mol. The molecule has 4 aromatic rings. The van der Waals surface area contributed by atoms with Crippen molar-refractivity contribution in [2.24, 2.45) is 11.5 Å². The molecule has 4 aromatic carbocycles. The molecule has 8 bridgehead atoms. The van der Waals surface area contributed by atoms with Crippen molar-refractivity contribution < 1.29 is 48.1 Å². The minimum atomic E-state index is -0.316. The van der Waals surface area contributed by atoms with Gasteiger partial charge in [-0.15, -0.1) is 0 Å². The molecule has 2 atom stereocenters. The minimum absolute atomic E-state index is 0.0742. The zero-order valence-electron chi connectivity index (χ0n) is 40.9. The van der Waals surface area contributed by atoms with Crippen molar-refractivity contribution in [2.75, 3.05) is 27.2 Å². The maximum atomic E-state index is 11.6. The van der Waals surface area contributed by atoms with Crippen LogP contribution in [0.4, 0.5) is 0 Å². The van der Waals surface area contributed by atoms with Gasteiger partial charge in [-0.1, -0.05) is 105 Å². The van der Waals surface area contributed by atoms with E-state index in [2.05, 4.69) is 52.0 Å². The Balaban J connectivity index is 1.48. The molecule has 0 saturated carbocycles. The predicted octanol–water partition coefficient (Wildman–Crippen LogP) is 11.7. The van der Waals surface area contributed by atoms with Crippen LogP contribution in [0.15, 0.2) is 24.3 Å². The van der Waals surface area contributed by atoms with Crippen LogP contribution in [0, 0.1) is 0 Å². The van der Waals surface area contributed by atoms with Gasteiger partial charge < -0.3 is 59.6 Å². The van der Waals surface area contributed by atoms with Crippen molar-refractivity contribution in [3.63, 3.8) is 0 Å². The summed E-state index contributed by atoms with van der Waals surface area (Å²) in [4.78, 5) is 0. The number of ether oxygens (including phenoxy) is 8. The largest absolute Gasteiger partial charge is 0.457 e. The Hall–Kier alpha value is -4.88. The molecule has 0 aromatic heterocycles. The van der Waals surface area contributed by atoms with Crippen LogP contribution < -0.4 is 49.4 Å². The highest BCUT2D eigenvalue weighted by Crippen LogP contribution is 2.58. The molecular formula is C56H74N2O10. The second-order valence-electron chi connectivity index (χ2n) is 19.3. The van der Waals surface area contributed by atoms with E-state index in [1.54, 1.807) is 0 Å². The Morgan fingerprint density at radius 1 is 0.353 bits per heavy atom. The second-order valence-corrected chi connectivity index (χ2v) is 19.3. The van der Waals surface area contributed by atoms with Gasteiger partial charge in [-0.25, -0.2) is 0 Å². The summed E-state index contributed by atoms with van der Waals surface area (Å²) >= 11 is 0. The highest BCUT2D eigenvalue weighted by Gasteiger charge is 2.41. The number of benzene rings is 4. The summed E-state index contributed by atoms with van der Waals surface area (Å²) < 4.78 is 53.9. The SMILES string of the molecule is CCCCCC1c2cc3c4c(CN)c2OCOc2c1cc1c(c2CN)OCOc2c(cc5c(c2CO)OCOc2c(cc(c(c2CO)OCO4)C3CCCCC)C5CCCCC)C1CCCCC. The van der Waals surface area contributed by atoms with Gasteiger partial charge >= 0.3 is 0 Å². The highest BCUT2D eigenvalue weighted by atomic mass is 16.7. The van der Waals surface area contributed by atoms with Crippen molar-refractivity contribution >= 4 is 0 Å². The fourth-order valence-electron chi connectivity index (χ4n) is 12.0. The molecule has 6 N–H and O–H groups in total. The van der Waals surface area contributed by atoms with Gasteiger partial charge in [0.2, 0.25) is 27.2 Å². The highest BCUT2D eigenvalue weighted by molar-refractivity contribution is 5.69. The Morgan fingerprint density at radius 3 is 0.735 bits per heavy atom. The van der Waals surface area contributed by atoms with Crippen LogP contribution in [0.5, 0.6) is 46.0 Å². The van der Waals surface area contributed by atoms with E-state index < -0.39 is 0 Å². The molecule has 12 heteroatoms. The molecule has 4 heterocycles. The minimum Gasteiger partial charge on any atom is -0.457 e. The monoisotopic (exact) mass is 935 g/mol. The lowest BCUT2D eigenvalue weighted by molar-refractivity contribution is 0.0909. The van der Waals surface area contributed by atoms with Gasteiger partial charge in [0.25, 0.3) is 0 Å². The Bertz CT molecular complexity index is 1980. The molecular weight excluding hydrogens is 861 g/mol. The first-order valence-corrected chi connectivity index (χ1v) is 25.9. The third-order valence-electron chi connectivity index (χ3n) is 15.3. The van der Waals surface area contributed by atoms with Gasteiger partial charge in [0.15, 0.2) is 0 Å². The normalized spacial score (nSPS) is 19.3. The summed E-state index contributed by atoms with van der Waals surface area (Å²) in [6, 6.07) is 9.30. The number of aliphatic hydroxyl groups is 2. The molecule has 0 radical (unpaired) electrons. The van der Waals surface area contributed by atoms with Gasteiger partial charge in [0, 0.05) is 81.3 Å². The summed E-state index contributed by atoms with van der Waals surface area (Å²) in [6.45, 7) is 8.17. The van der Waals surface area contributed by atoms with Crippen molar-refractivity contribution in [1.29, 1.82) is 0 Å². The van der Waals surface area contributed by atoms with Crippen molar-refractivity contribution in [1.82, 2.24) is 0 Å². The second kappa shape index (κ2) is 21.8. The number of hydrogen-bond acceptors (Lipinski definition) is 12. The standard InChI is InChI=1S/C56H74N2O10/c1-5-9-13-17-33-37-21-39-34(18-14-10-6-2)41-23-43-36(20-16-12-8-4)44-24-42-35(19-15-11-7-3)40-22-38(33)50-46(26-58)52(40)64-31-66-54(42)48(28-60)56(44)68-32-67-55(43)47(27-59)53(41)65-30-63-51(39)45(25-57)49(37)61-29-62-50/h21-24,33-36,59-60H,5-20,25-32,57-58H2,1-4H3. The average Bonchev–Trinajstić information content (AvgIpc) is 3.33. The molecule has 0 saturated heterocycles. The third-order valence-corrected chi connectivity index (χ3v) is 15.3. The Morgan fingerprint density at radius 2 is 0.559 bits per heavy atom. The van der Waals surface area contributed by atoms with E-state index in [-0.39, 0.29) is 77.1 Å². The molecule has 368 valence electrons. The lowest BCUT2D eigenvalue weighted by Gasteiger charge is -2.37. The first kappa shape index (κ1) is 48.2. The first-order chi connectivity index (χ1) is 33.5. The number of hydrogen-bond donors (Lipinski definition) is 4. The molecule has 2 unspecified atom stereocenters. The molecule has 0 amide bonds. The quantitative estimate of drug-likeness (QED) is 0.0621. The van der Waals surface area contributed by atoms with E-state index in [4.69, 9.17) is 49.4 Å². The first-order valence-electron chi connectivity index (χ1n) is 25.9. The summed E-state index contributed by atoms with van der Waals surface area (Å²) in [6.07, 6.45) is 15.4. The van der Waals surface area contributed by atoms with E-state index in [1.165, 1.54) is 0 Å². The molecule has 9 rings (SSSR count). The maximum absolute atomic E-state index is 11.6. The number of unbranched alkanes of at least 4 members (excludes halogenated alkanes) is 8. The fourth-order valence-corrected chi connectivity index (χ4v) is 12.0. The van der Waals surface area contributed by atoms with Crippen LogP contribution in [-0.4, -0.2) is 37.4 Å². The van der Waals surface area contributed by atoms with E-state index in [1.807, 2.05) is 0 Å². The van der Waals surface area contributed by atoms with Crippen molar-refractivity contribution in [2.45, 2.75) is 180 Å². The number of rotatable bonds is 20. The number of aliphatic hydroxyl groups excluding tert-OH is 2. The smallest absolute Gasteiger partial charge is 0.230 e. The van der Waals surface area contributed by atoms with Crippen LogP contribution in [-0.2, 0) is 26.3 Å². The molecule has 0 spiro atoms. The fraction of sp³-hybridized carbons (Fsp3) is 0.571. The molecule has 5 aliphatic rings. The summed E-state index contributed by atoms with van der Waals surface area (Å²) in [7, 11) is 0. The maximum Gasteiger partial charge on any atom is 0.230 e. The summed E-state index contributed by atoms with van der Waals surface area (Å²) in [5.74, 6) is 4.17. The summed E-state index contributed by atoms with van der Waals surface area (Å²) in [5, 5.41) is 23.1. The average molecular weight is 935 g/mol.